The van der Waals surface area contributed by atoms with Gasteiger partial charge in [0.2, 0.25) is 0 Å². The maximum Gasteiger partial charge on any atom is 0.194 e. The molecule has 1 aromatic carbocycles. The van der Waals surface area contributed by atoms with Gasteiger partial charge in [-0.05, 0) is 36.0 Å². The van der Waals surface area contributed by atoms with Crippen LogP contribution in [0.25, 0.3) is 11.0 Å². The Bertz CT molecular complexity index is 758. The monoisotopic (exact) mass is 272 g/mol. The quantitative estimate of drug-likeness (QED) is 0.684. The number of imidazole rings is 1. The molecule has 0 amide bonds. The SMILES string of the molecule is CC(=O)c1ccc(Sc2nc3ccccc3n2C)o1. The van der Waals surface area contributed by atoms with Crippen LogP contribution in [0.5, 0.6) is 0 Å². The van der Waals surface area contributed by atoms with E-state index in [1.54, 1.807) is 12.1 Å². The van der Waals surface area contributed by atoms with Crippen LogP contribution in [0, 0.1) is 0 Å². The lowest BCUT2D eigenvalue weighted by Gasteiger charge is -1.99. The van der Waals surface area contributed by atoms with Crippen molar-refractivity contribution in [3.8, 4) is 0 Å². The van der Waals surface area contributed by atoms with Crippen LogP contribution in [0.3, 0.4) is 0 Å². The summed E-state index contributed by atoms with van der Waals surface area (Å²) in [6.07, 6.45) is 0. The fourth-order valence-electron chi connectivity index (χ4n) is 1.87. The average molecular weight is 272 g/mol. The van der Waals surface area contributed by atoms with Crippen molar-refractivity contribution in [1.82, 2.24) is 9.55 Å². The minimum absolute atomic E-state index is 0.0724. The van der Waals surface area contributed by atoms with Crippen LogP contribution in [0.4, 0.5) is 0 Å². The largest absolute Gasteiger partial charge is 0.446 e. The molecule has 0 spiro atoms. The van der Waals surface area contributed by atoms with Crippen LogP contribution < -0.4 is 0 Å². The number of hydrogen-bond acceptors (Lipinski definition) is 4. The molecule has 0 bridgehead atoms. The summed E-state index contributed by atoms with van der Waals surface area (Å²) < 4.78 is 7.47. The van der Waals surface area contributed by atoms with Gasteiger partial charge in [0.25, 0.3) is 0 Å². The van der Waals surface area contributed by atoms with E-state index in [1.165, 1.54) is 18.7 Å². The van der Waals surface area contributed by atoms with Gasteiger partial charge in [-0.25, -0.2) is 4.98 Å². The number of furan rings is 1. The first-order valence-corrected chi connectivity index (χ1v) is 6.67. The van der Waals surface area contributed by atoms with E-state index in [9.17, 15) is 4.79 Å². The number of para-hydroxylation sites is 2. The summed E-state index contributed by atoms with van der Waals surface area (Å²) in [4.78, 5) is 15.7. The van der Waals surface area contributed by atoms with E-state index in [-0.39, 0.29) is 5.78 Å². The predicted octanol–water partition coefficient (Wildman–Crippen LogP) is 3.52. The highest BCUT2D eigenvalue weighted by Gasteiger charge is 2.12. The van der Waals surface area contributed by atoms with Gasteiger partial charge in [-0.15, -0.1) is 0 Å². The molecule has 4 nitrogen and oxygen atoms in total. The maximum absolute atomic E-state index is 11.2. The van der Waals surface area contributed by atoms with Gasteiger partial charge >= 0.3 is 0 Å². The lowest BCUT2D eigenvalue weighted by atomic mass is 10.3. The number of nitrogens with zero attached hydrogens (tertiary/aromatic N) is 2. The predicted molar refractivity (Wildman–Crippen MR) is 73.5 cm³/mol. The standard InChI is InChI=1S/C14H12N2O2S/c1-9(17)12-7-8-13(18-12)19-14-15-10-5-3-4-6-11(10)16(14)2/h3-8H,1-2H3. The molecule has 0 aliphatic rings. The second-order valence-electron chi connectivity index (χ2n) is 4.22. The molecule has 2 heterocycles. The summed E-state index contributed by atoms with van der Waals surface area (Å²) in [5.41, 5.74) is 2.02. The van der Waals surface area contributed by atoms with Gasteiger partial charge < -0.3 is 8.98 Å². The molecule has 96 valence electrons. The van der Waals surface area contributed by atoms with E-state index in [4.69, 9.17) is 4.42 Å². The number of Topliss-reactive ketones (excluding diaryl/α,β-unsaturated/α-hetero) is 1. The number of rotatable bonds is 3. The third kappa shape index (κ3) is 2.17. The Morgan fingerprint density at radius 2 is 2.05 bits per heavy atom. The molecular weight excluding hydrogens is 260 g/mol. The van der Waals surface area contributed by atoms with Gasteiger partial charge in [-0.1, -0.05) is 12.1 Å². The van der Waals surface area contributed by atoms with E-state index in [1.807, 2.05) is 35.9 Å². The molecule has 19 heavy (non-hydrogen) atoms. The number of aryl methyl sites for hydroxylation is 1. The first-order valence-electron chi connectivity index (χ1n) is 5.85. The average Bonchev–Trinajstić information content (AvgIpc) is 2.97. The molecule has 0 aliphatic heterocycles. The molecule has 0 saturated carbocycles. The van der Waals surface area contributed by atoms with Crippen LogP contribution in [0.1, 0.15) is 17.5 Å². The summed E-state index contributed by atoms with van der Waals surface area (Å²) in [7, 11) is 1.96. The highest BCUT2D eigenvalue weighted by atomic mass is 32.2. The Labute approximate surface area is 114 Å². The third-order valence-corrected chi connectivity index (χ3v) is 3.83. The minimum atomic E-state index is -0.0724. The zero-order valence-electron chi connectivity index (χ0n) is 10.6. The fourth-order valence-corrected chi connectivity index (χ4v) is 2.70. The Morgan fingerprint density at radius 3 is 2.74 bits per heavy atom. The second kappa shape index (κ2) is 4.59. The number of hydrogen-bond donors (Lipinski definition) is 0. The van der Waals surface area contributed by atoms with E-state index < -0.39 is 0 Å². The van der Waals surface area contributed by atoms with Crippen molar-refractivity contribution in [2.45, 2.75) is 17.2 Å². The number of ketones is 1. The number of carbonyl (C=O) groups excluding carboxylic acids is 1. The van der Waals surface area contributed by atoms with Crippen molar-refractivity contribution in [1.29, 1.82) is 0 Å². The van der Waals surface area contributed by atoms with E-state index in [0.29, 0.717) is 10.9 Å². The first-order chi connectivity index (χ1) is 9.15. The van der Waals surface area contributed by atoms with Gasteiger partial charge in [0, 0.05) is 14.0 Å². The highest BCUT2D eigenvalue weighted by molar-refractivity contribution is 7.99. The van der Waals surface area contributed by atoms with Crippen molar-refractivity contribution >= 4 is 28.6 Å². The molecule has 0 fully saturated rings. The molecule has 0 atom stereocenters. The summed E-state index contributed by atoms with van der Waals surface area (Å²) in [6.45, 7) is 1.49. The number of carbonyl (C=O) groups is 1. The van der Waals surface area contributed by atoms with Crippen LogP contribution in [0.15, 0.2) is 51.1 Å². The Hall–Kier alpha value is -2.01. The summed E-state index contributed by atoms with van der Waals surface area (Å²) in [5.74, 6) is 0.304. The second-order valence-corrected chi connectivity index (χ2v) is 5.19. The lowest BCUT2D eigenvalue weighted by molar-refractivity contribution is 0.0982. The van der Waals surface area contributed by atoms with E-state index in [2.05, 4.69) is 4.98 Å². The van der Waals surface area contributed by atoms with Gasteiger partial charge in [-0.2, -0.15) is 0 Å². The number of aromatic nitrogens is 2. The molecule has 3 aromatic rings. The van der Waals surface area contributed by atoms with Gasteiger partial charge in [0.15, 0.2) is 21.8 Å². The molecule has 0 unspecified atom stereocenters. The smallest absolute Gasteiger partial charge is 0.194 e. The van der Waals surface area contributed by atoms with Crippen molar-refractivity contribution < 1.29 is 9.21 Å². The Morgan fingerprint density at radius 1 is 1.26 bits per heavy atom. The number of benzene rings is 1. The van der Waals surface area contributed by atoms with Crippen molar-refractivity contribution in [3.05, 3.63) is 42.2 Å². The van der Waals surface area contributed by atoms with Crippen LogP contribution in [0.2, 0.25) is 0 Å². The van der Waals surface area contributed by atoms with Gasteiger partial charge in [0.1, 0.15) is 0 Å². The van der Waals surface area contributed by atoms with Crippen molar-refractivity contribution in [2.24, 2.45) is 7.05 Å². The molecule has 0 radical (unpaired) electrons. The lowest BCUT2D eigenvalue weighted by Crippen LogP contribution is -1.89. The molecule has 5 heteroatoms. The zero-order valence-corrected chi connectivity index (χ0v) is 11.4. The highest BCUT2D eigenvalue weighted by Crippen LogP contribution is 2.30. The van der Waals surface area contributed by atoms with Crippen LogP contribution in [-0.4, -0.2) is 15.3 Å². The van der Waals surface area contributed by atoms with Crippen LogP contribution >= 0.6 is 11.8 Å². The maximum atomic E-state index is 11.2. The first kappa shape index (κ1) is 12.0. The molecule has 2 aromatic heterocycles. The summed E-state index contributed by atoms with van der Waals surface area (Å²) in [5, 5.41) is 1.51. The van der Waals surface area contributed by atoms with Gasteiger partial charge in [-0.3, -0.25) is 4.79 Å². The summed E-state index contributed by atoms with van der Waals surface area (Å²) >= 11 is 1.41. The normalized spacial score (nSPS) is 11.1. The number of fused-ring (bicyclic) bond motifs is 1. The minimum Gasteiger partial charge on any atom is -0.446 e. The summed E-state index contributed by atoms with van der Waals surface area (Å²) in [6, 6.07) is 11.4. The van der Waals surface area contributed by atoms with Crippen molar-refractivity contribution in [2.75, 3.05) is 0 Å². The molecular formula is C14H12N2O2S. The van der Waals surface area contributed by atoms with Crippen LogP contribution in [-0.2, 0) is 7.05 Å². The van der Waals surface area contributed by atoms with E-state index in [0.717, 1.165) is 16.2 Å². The van der Waals surface area contributed by atoms with Gasteiger partial charge in [0.05, 0.1) is 11.0 Å². The van der Waals surface area contributed by atoms with E-state index >= 15 is 0 Å². The molecule has 0 N–H and O–H groups in total. The Kier molecular flexibility index (Phi) is 2.91. The van der Waals surface area contributed by atoms with Crippen molar-refractivity contribution in [3.63, 3.8) is 0 Å². The molecule has 3 rings (SSSR count). The third-order valence-electron chi connectivity index (χ3n) is 2.87. The zero-order chi connectivity index (χ0) is 13.4. The Balaban J connectivity index is 1.96. The molecule has 0 saturated heterocycles. The fraction of sp³-hybridized carbons (Fsp3) is 0.143. The topological polar surface area (TPSA) is 48.0 Å². The molecule has 0 aliphatic carbocycles.